The summed E-state index contributed by atoms with van der Waals surface area (Å²) in [5.74, 6) is 1.15. The van der Waals surface area contributed by atoms with Gasteiger partial charge in [0.05, 0.1) is 0 Å². The molecule has 96 valence electrons. The van der Waals surface area contributed by atoms with Crippen LogP contribution in [0.4, 0.5) is 0 Å². The summed E-state index contributed by atoms with van der Waals surface area (Å²) in [6, 6.07) is 0. The summed E-state index contributed by atoms with van der Waals surface area (Å²) >= 11 is 0. The van der Waals surface area contributed by atoms with Gasteiger partial charge in [0.1, 0.15) is 0 Å². The molecule has 1 rings (SSSR count). The lowest BCUT2D eigenvalue weighted by Gasteiger charge is -2.17. The zero-order chi connectivity index (χ0) is 12.9. The lowest BCUT2D eigenvalue weighted by molar-refractivity contribution is -0.121. The first-order valence-corrected chi connectivity index (χ1v) is 5.71. The maximum absolute atomic E-state index is 11.5. The van der Waals surface area contributed by atoms with E-state index in [0.717, 1.165) is 0 Å². The highest BCUT2D eigenvalue weighted by molar-refractivity contribution is 5.75. The van der Waals surface area contributed by atoms with E-state index in [1.165, 1.54) is 0 Å². The molecule has 0 saturated heterocycles. The number of hydrogen-bond acceptors (Lipinski definition) is 5. The Morgan fingerprint density at radius 1 is 1.53 bits per heavy atom. The lowest BCUT2D eigenvalue weighted by Crippen LogP contribution is -2.34. The van der Waals surface area contributed by atoms with Crippen molar-refractivity contribution in [2.24, 2.45) is 5.73 Å². The molecular formula is C11H20N4O2. The molecule has 1 aromatic heterocycles. The molecule has 0 spiro atoms. The van der Waals surface area contributed by atoms with Crippen LogP contribution in [0.3, 0.4) is 0 Å². The molecule has 0 unspecified atom stereocenters. The van der Waals surface area contributed by atoms with Crippen molar-refractivity contribution in [3.05, 3.63) is 11.7 Å². The minimum absolute atomic E-state index is 0.000220. The highest BCUT2D eigenvalue weighted by Crippen LogP contribution is 2.06. The zero-order valence-corrected chi connectivity index (χ0v) is 10.6. The van der Waals surface area contributed by atoms with Gasteiger partial charge in [-0.25, -0.2) is 0 Å². The molecule has 6 heteroatoms. The summed E-state index contributed by atoms with van der Waals surface area (Å²) in [5, 5.41) is 6.46. The monoisotopic (exact) mass is 240 g/mol. The van der Waals surface area contributed by atoms with Crippen LogP contribution in [-0.4, -0.2) is 28.1 Å². The van der Waals surface area contributed by atoms with Crippen molar-refractivity contribution in [1.29, 1.82) is 0 Å². The van der Waals surface area contributed by atoms with Crippen molar-refractivity contribution in [1.82, 2.24) is 15.5 Å². The summed E-state index contributed by atoms with van der Waals surface area (Å²) in [6.07, 6.45) is 1.66. The molecule has 0 fully saturated rings. The van der Waals surface area contributed by atoms with Crippen LogP contribution >= 0.6 is 0 Å². The van der Waals surface area contributed by atoms with Crippen molar-refractivity contribution >= 4 is 5.91 Å². The number of rotatable bonds is 6. The van der Waals surface area contributed by atoms with Crippen LogP contribution in [-0.2, 0) is 11.2 Å². The Morgan fingerprint density at radius 2 is 2.24 bits per heavy atom. The molecule has 0 aliphatic rings. The van der Waals surface area contributed by atoms with E-state index < -0.39 is 0 Å². The summed E-state index contributed by atoms with van der Waals surface area (Å²) in [6.45, 7) is 6.07. The maximum atomic E-state index is 11.5. The first-order valence-electron chi connectivity index (χ1n) is 5.71. The second-order valence-electron chi connectivity index (χ2n) is 4.82. The Balaban J connectivity index is 2.16. The van der Waals surface area contributed by atoms with Gasteiger partial charge < -0.3 is 15.6 Å². The minimum atomic E-state index is -0.305. The molecule has 0 bridgehead atoms. The first-order chi connectivity index (χ1) is 7.87. The zero-order valence-electron chi connectivity index (χ0n) is 10.6. The van der Waals surface area contributed by atoms with E-state index in [1.54, 1.807) is 6.92 Å². The van der Waals surface area contributed by atoms with Crippen LogP contribution in [0.1, 0.15) is 38.4 Å². The molecule has 1 aromatic rings. The molecule has 0 aliphatic heterocycles. The average Bonchev–Trinajstić information content (AvgIpc) is 2.60. The normalized spacial score (nSPS) is 11.5. The SMILES string of the molecule is Cc1noc(CCNC(=O)CCC(C)(C)N)n1. The van der Waals surface area contributed by atoms with Crippen LogP contribution in [0, 0.1) is 6.92 Å². The highest BCUT2D eigenvalue weighted by atomic mass is 16.5. The highest BCUT2D eigenvalue weighted by Gasteiger charge is 2.13. The quantitative estimate of drug-likeness (QED) is 0.757. The number of carbonyl (C=O) groups is 1. The molecule has 0 aromatic carbocycles. The Morgan fingerprint density at radius 3 is 2.76 bits per heavy atom. The lowest BCUT2D eigenvalue weighted by atomic mass is 10.00. The van der Waals surface area contributed by atoms with Crippen molar-refractivity contribution in [3.63, 3.8) is 0 Å². The van der Waals surface area contributed by atoms with Gasteiger partial charge >= 0.3 is 0 Å². The third kappa shape index (κ3) is 6.01. The Bertz CT molecular complexity index is 368. The average molecular weight is 240 g/mol. The number of carbonyl (C=O) groups excluding carboxylic acids is 1. The molecule has 0 aliphatic carbocycles. The van der Waals surface area contributed by atoms with Crippen LogP contribution in [0.15, 0.2) is 4.52 Å². The van der Waals surface area contributed by atoms with Gasteiger partial charge in [0.15, 0.2) is 5.82 Å². The molecule has 17 heavy (non-hydrogen) atoms. The first kappa shape index (κ1) is 13.6. The number of nitrogens with zero attached hydrogens (tertiary/aromatic N) is 2. The Labute approximate surface area is 101 Å². The molecule has 0 radical (unpaired) electrons. The van der Waals surface area contributed by atoms with Gasteiger partial charge in [0.2, 0.25) is 11.8 Å². The predicted molar refractivity (Wildman–Crippen MR) is 63.2 cm³/mol. The van der Waals surface area contributed by atoms with Gasteiger partial charge in [-0.05, 0) is 27.2 Å². The second-order valence-corrected chi connectivity index (χ2v) is 4.82. The fourth-order valence-electron chi connectivity index (χ4n) is 1.27. The molecule has 0 atom stereocenters. The Kier molecular flexibility index (Phi) is 4.62. The fraction of sp³-hybridized carbons (Fsp3) is 0.727. The second kappa shape index (κ2) is 5.77. The number of aryl methyl sites for hydroxylation is 1. The standard InChI is InChI=1S/C11H20N4O2/c1-8-14-10(17-15-8)5-7-13-9(16)4-6-11(2,3)12/h4-7,12H2,1-3H3,(H,13,16). The van der Waals surface area contributed by atoms with Crippen molar-refractivity contribution in [3.8, 4) is 0 Å². The minimum Gasteiger partial charge on any atom is -0.356 e. The van der Waals surface area contributed by atoms with Gasteiger partial charge in [-0.15, -0.1) is 0 Å². The number of aromatic nitrogens is 2. The van der Waals surface area contributed by atoms with E-state index in [9.17, 15) is 4.79 Å². The molecule has 1 heterocycles. The molecular weight excluding hydrogens is 220 g/mol. The van der Waals surface area contributed by atoms with E-state index in [2.05, 4.69) is 15.5 Å². The third-order valence-electron chi connectivity index (χ3n) is 2.23. The van der Waals surface area contributed by atoms with Crippen molar-refractivity contribution in [2.45, 2.75) is 45.6 Å². The van der Waals surface area contributed by atoms with E-state index in [-0.39, 0.29) is 11.4 Å². The summed E-state index contributed by atoms with van der Waals surface area (Å²) in [7, 11) is 0. The number of nitrogens with two attached hydrogens (primary N) is 1. The van der Waals surface area contributed by atoms with E-state index >= 15 is 0 Å². The number of nitrogens with one attached hydrogen (secondary N) is 1. The van der Waals surface area contributed by atoms with Crippen LogP contribution < -0.4 is 11.1 Å². The smallest absolute Gasteiger partial charge is 0.228 e. The Hall–Kier alpha value is -1.43. The van der Waals surface area contributed by atoms with E-state index in [1.807, 2.05) is 13.8 Å². The van der Waals surface area contributed by atoms with Crippen LogP contribution in [0.5, 0.6) is 0 Å². The third-order valence-corrected chi connectivity index (χ3v) is 2.23. The van der Waals surface area contributed by atoms with Crippen LogP contribution in [0.2, 0.25) is 0 Å². The largest absolute Gasteiger partial charge is 0.356 e. The van der Waals surface area contributed by atoms with Gasteiger partial charge in [-0.2, -0.15) is 4.98 Å². The topological polar surface area (TPSA) is 94.0 Å². The molecule has 0 saturated carbocycles. The summed E-state index contributed by atoms with van der Waals surface area (Å²) in [5.41, 5.74) is 5.49. The maximum Gasteiger partial charge on any atom is 0.228 e. The van der Waals surface area contributed by atoms with Gasteiger partial charge in [0, 0.05) is 24.9 Å². The number of hydrogen-bond donors (Lipinski definition) is 2. The number of amides is 1. The fourth-order valence-corrected chi connectivity index (χ4v) is 1.27. The molecule has 3 N–H and O–H groups in total. The van der Waals surface area contributed by atoms with Crippen LogP contribution in [0.25, 0.3) is 0 Å². The summed E-state index contributed by atoms with van der Waals surface area (Å²) in [4.78, 5) is 15.5. The molecule has 1 amide bonds. The predicted octanol–water partition coefficient (Wildman–Crippen LogP) is 0.554. The van der Waals surface area contributed by atoms with Crippen molar-refractivity contribution < 1.29 is 9.32 Å². The van der Waals surface area contributed by atoms with E-state index in [4.69, 9.17) is 10.3 Å². The summed E-state index contributed by atoms with van der Waals surface area (Å²) < 4.78 is 4.93. The van der Waals surface area contributed by atoms with Gasteiger partial charge in [-0.1, -0.05) is 5.16 Å². The van der Waals surface area contributed by atoms with E-state index in [0.29, 0.717) is 37.5 Å². The van der Waals surface area contributed by atoms with Gasteiger partial charge in [0.25, 0.3) is 0 Å². The van der Waals surface area contributed by atoms with Gasteiger partial charge in [-0.3, -0.25) is 4.79 Å². The van der Waals surface area contributed by atoms with Crippen molar-refractivity contribution in [2.75, 3.05) is 6.54 Å². The molecule has 6 nitrogen and oxygen atoms in total.